The molecule has 2 aromatic rings. The fourth-order valence-electron chi connectivity index (χ4n) is 3.50. The van der Waals surface area contributed by atoms with Crippen LogP contribution in [-0.4, -0.2) is 23.3 Å². The third-order valence-corrected chi connectivity index (χ3v) is 4.97. The summed E-state index contributed by atoms with van der Waals surface area (Å²) >= 11 is 0. The standard InChI is InChI=1S/C20H22N2O3/c1-13-6-9-16(25-13)12-21-19(23)18-17-5-3-2-4-14(17)10-11-22(18)20(24)15-7-8-15/h2-6,9,15,18H,7-8,10-12H2,1H3,(H,21,23). The van der Waals surface area contributed by atoms with Crippen molar-refractivity contribution in [2.45, 2.75) is 38.8 Å². The second kappa shape index (κ2) is 6.39. The van der Waals surface area contributed by atoms with Crippen molar-refractivity contribution in [1.82, 2.24) is 10.2 Å². The van der Waals surface area contributed by atoms with E-state index < -0.39 is 6.04 Å². The van der Waals surface area contributed by atoms with Gasteiger partial charge in [-0.1, -0.05) is 24.3 Å². The van der Waals surface area contributed by atoms with Crippen LogP contribution in [0, 0.1) is 12.8 Å². The molecule has 1 N–H and O–H groups in total. The summed E-state index contributed by atoms with van der Waals surface area (Å²) < 4.78 is 5.52. The molecule has 2 aliphatic rings. The first kappa shape index (κ1) is 15.9. The first-order valence-corrected chi connectivity index (χ1v) is 8.85. The summed E-state index contributed by atoms with van der Waals surface area (Å²) in [6, 6.07) is 11.1. The Morgan fingerprint density at radius 3 is 2.72 bits per heavy atom. The molecule has 5 heteroatoms. The Labute approximate surface area is 147 Å². The van der Waals surface area contributed by atoms with Crippen molar-refractivity contribution in [2.24, 2.45) is 5.92 Å². The van der Waals surface area contributed by atoms with E-state index in [1.807, 2.05) is 43.3 Å². The maximum Gasteiger partial charge on any atom is 0.247 e. The van der Waals surface area contributed by atoms with E-state index in [9.17, 15) is 9.59 Å². The Bertz CT molecular complexity index is 807. The number of nitrogens with zero attached hydrogens (tertiary/aromatic N) is 1. The molecule has 0 saturated heterocycles. The number of hydrogen-bond acceptors (Lipinski definition) is 3. The van der Waals surface area contributed by atoms with Crippen LogP contribution in [-0.2, 0) is 22.6 Å². The molecule has 0 spiro atoms. The number of amides is 2. The van der Waals surface area contributed by atoms with E-state index in [4.69, 9.17) is 4.42 Å². The average Bonchev–Trinajstić information content (AvgIpc) is 3.40. The molecule has 130 valence electrons. The van der Waals surface area contributed by atoms with Crippen LogP contribution in [0.2, 0.25) is 0 Å². The number of fused-ring (bicyclic) bond motifs is 1. The molecule has 0 bridgehead atoms. The Morgan fingerprint density at radius 2 is 2.00 bits per heavy atom. The van der Waals surface area contributed by atoms with Crippen LogP contribution < -0.4 is 5.32 Å². The summed E-state index contributed by atoms with van der Waals surface area (Å²) in [5.41, 5.74) is 2.09. The first-order chi connectivity index (χ1) is 12.1. The molecule has 1 aromatic carbocycles. The highest BCUT2D eigenvalue weighted by Crippen LogP contribution is 2.37. The first-order valence-electron chi connectivity index (χ1n) is 8.85. The van der Waals surface area contributed by atoms with Crippen LogP contribution in [0.3, 0.4) is 0 Å². The fraction of sp³-hybridized carbons (Fsp3) is 0.400. The average molecular weight is 338 g/mol. The highest BCUT2D eigenvalue weighted by molar-refractivity contribution is 5.91. The lowest BCUT2D eigenvalue weighted by atomic mass is 9.91. The fourth-order valence-corrected chi connectivity index (χ4v) is 3.50. The number of benzene rings is 1. The number of furan rings is 1. The lowest BCUT2D eigenvalue weighted by molar-refractivity contribution is -0.142. The summed E-state index contributed by atoms with van der Waals surface area (Å²) in [7, 11) is 0. The largest absolute Gasteiger partial charge is 0.465 e. The van der Waals surface area contributed by atoms with Gasteiger partial charge < -0.3 is 14.6 Å². The number of aryl methyl sites for hydroxylation is 1. The smallest absolute Gasteiger partial charge is 0.247 e. The van der Waals surface area contributed by atoms with Crippen LogP contribution >= 0.6 is 0 Å². The lowest BCUT2D eigenvalue weighted by Crippen LogP contribution is -2.47. The van der Waals surface area contributed by atoms with Crippen LogP contribution in [0.5, 0.6) is 0 Å². The minimum Gasteiger partial charge on any atom is -0.465 e. The lowest BCUT2D eigenvalue weighted by Gasteiger charge is -2.36. The predicted molar refractivity (Wildman–Crippen MR) is 92.6 cm³/mol. The van der Waals surface area contributed by atoms with Crippen molar-refractivity contribution in [3.63, 3.8) is 0 Å². The minimum absolute atomic E-state index is 0.105. The maximum absolute atomic E-state index is 13.0. The molecular formula is C20H22N2O3. The van der Waals surface area contributed by atoms with Crippen LogP contribution in [0.15, 0.2) is 40.8 Å². The maximum atomic E-state index is 13.0. The van der Waals surface area contributed by atoms with Gasteiger partial charge in [0.1, 0.15) is 17.6 Å². The Hall–Kier alpha value is -2.56. The molecule has 4 rings (SSSR count). The van der Waals surface area contributed by atoms with Crippen molar-refractivity contribution < 1.29 is 14.0 Å². The number of carbonyl (C=O) groups is 2. The van der Waals surface area contributed by atoms with E-state index in [1.165, 1.54) is 0 Å². The molecule has 1 unspecified atom stereocenters. The van der Waals surface area contributed by atoms with Gasteiger partial charge in [-0.05, 0) is 49.4 Å². The highest BCUT2D eigenvalue weighted by Gasteiger charge is 2.41. The van der Waals surface area contributed by atoms with Gasteiger partial charge in [-0.15, -0.1) is 0 Å². The zero-order valence-electron chi connectivity index (χ0n) is 14.3. The molecular weight excluding hydrogens is 316 g/mol. The molecule has 1 aliphatic carbocycles. The van der Waals surface area contributed by atoms with Crippen molar-refractivity contribution in [2.75, 3.05) is 6.54 Å². The van der Waals surface area contributed by atoms with Gasteiger partial charge in [0, 0.05) is 12.5 Å². The third kappa shape index (κ3) is 3.18. The second-order valence-corrected chi connectivity index (χ2v) is 6.89. The third-order valence-electron chi connectivity index (χ3n) is 4.97. The summed E-state index contributed by atoms with van der Waals surface area (Å²) in [5.74, 6) is 1.61. The van der Waals surface area contributed by atoms with Gasteiger partial charge in [-0.2, -0.15) is 0 Å². The molecule has 1 fully saturated rings. The van der Waals surface area contributed by atoms with E-state index in [2.05, 4.69) is 5.32 Å². The molecule has 2 heterocycles. The Kier molecular flexibility index (Phi) is 4.07. The van der Waals surface area contributed by atoms with Gasteiger partial charge in [0.25, 0.3) is 0 Å². The van der Waals surface area contributed by atoms with Crippen LogP contribution in [0.4, 0.5) is 0 Å². The van der Waals surface area contributed by atoms with E-state index in [0.717, 1.165) is 41.9 Å². The summed E-state index contributed by atoms with van der Waals surface area (Å²) in [4.78, 5) is 27.4. The second-order valence-electron chi connectivity index (χ2n) is 6.89. The summed E-state index contributed by atoms with van der Waals surface area (Å²) in [6.07, 6.45) is 2.68. The van der Waals surface area contributed by atoms with Crippen LogP contribution in [0.1, 0.15) is 41.5 Å². The number of carbonyl (C=O) groups excluding carboxylic acids is 2. The van der Waals surface area contributed by atoms with Gasteiger partial charge in [0.2, 0.25) is 11.8 Å². The summed E-state index contributed by atoms with van der Waals surface area (Å²) in [6.45, 7) is 2.81. The molecule has 0 radical (unpaired) electrons. The van der Waals surface area contributed by atoms with Crippen molar-refractivity contribution in [3.05, 3.63) is 59.0 Å². The molecule has 25 heavy (non-hydrogen) atoms. The minimum atomic E-state index is -0.547. The Morgan fingerprint density at radius 1 is 1.20 bits per heavy atom. The number of rotatable bonds is 4. The van der Waals surface area contributed by atoms with Crippen molar-refractivity contribution in [3.8, 4) is 0 Å². The normalized spacial score (nSPS) is 19.4. The number of nitrogens with one attached hydrogen (secondary N) is 1. The van der Waals surface area contributed by atoms with Gasteiger partial charge >= 0.3 is 0 Å². The monoisotopic (exact) mass is 338 g/mol. The van der Waals surface area contributed by atoms with Gasteiger partial charge in [-0.25, -0.2) is 0 Å². The zero-order valence-corrected chi connectivity index (χ0v) is 14.3. The van der Waals surface area contributed by atoms with E-state index in [-0.39, 0.29) is 17.7 Å². The molecule has 1 saturated carbocycles. The van der Waals surface area contributed by atoms with E-state index in [0.29, 0.717) is 13.1 Å². The topological polar surface area (TPSA) is 62.6 Å². The molecule has 1 atom stereocenters. The SMILES string of the molecule is Cc1ccc(CNC(=O)C2c3ccccc3CCN2C(=O)C2CC2)o1. The quantitative estimate of drug-likeness (QED) is 0.932. The van der Waals surface area contributed by atoms with E-state index in [1.54, 1.807) is 4.90 Å². The van der Waals surface area contributed by atoms with E-state index >= 15 is 0 Å². The molecule has 2 amide bonds. The molecule has 1 aromatic heterocycles. The highest BCUT2D eigenvalue weighted by atomic mass is 16.3. The zero-order chi connectivity index (χ0) is 17.4. The Balaban J connectivity index is 1.57. The van der Waals surface area contributed by atoms with Gasteiger partial charge in [0.15, 0.2) is 0 Å². The van der Waals surface area contributed by atoms with Gasteiger partial charge in [-0.3, -0.25) is 9.59 Å². The molecule has 1 aliphatic heterocycles. The van der Waals surface area contributed by atoms with Crippen molar-refractivity contribution >= 4 is 11.8 Å². The number of hydrogen-bond donors (Lipinski definition) is 1. The van der Waals surface area contributed by atoms with Crippen molar-refractivity contribution in [1.29, 1.82) is 0 Å². The molecule has 5 nitrogen and oxygen atoms in total. The van der Waals surface area contributed by atoms with Gasteiger partial charge in [0.05, 0.1) is 6.54 Å². The van der Waals surface area contributed by atoms with Crippen LogP contribution in [0.25, 0.3) is 0 Å². The summed E-state index contributed by atoms with van der Waals surface area (Å²) in [5, 5.41) is 2.94. The predicted octanol–water partition coefficient (Wildman–Crippen LogP) is 2.74.